The fourth-order valence-corrected chi connectivity index (χ4v) is 2.56. The first-order valence-corrected chi connectivity index (χ1v) is 6.41. The Morgan fingerprint density at radius 3 is 2.41 bits per heavy atom. The number of likely N-dealkylation sites (N-methyl/N-ethyl adjacent to an activating group) is 2. The van der Waals surface area contributed by atoms with E-state index in [0.717, 1.165) is 12.4 Å². The van der Waals surface area contributed by atoms with E-state index in [0.29, 0.717) is 10.6 Å². The van der Waals surface area contributed by atoms with E-state index in [-0.39, 0.29) is 0 Å². The van der Waals surface area contributed by atoms with E-state index >= 15 is 0 Å². The van der Waals surface area contributed by atoms with Crippen LogP contribution in [0.4, 0.5) is 5.82 Å². The summed E-state index contributed by atoms with van der Waals surface area (Å²) in [5.41, 5.74) is 0.329. The molecule has 1 fully saturated rings. The van der Waals surface area contributed by atoms with Gasteiger partial charge >= 0.3 is 0 Å². The first kappa shape index (κ1) is 12.7. The molecule has 0 aliphatic heterocycles. The Kier molecular flexibility index (Phi) is 3.59. The monoisotopic (exact) mass is 253 g/mol. The number of anilines is 1. The second kappa shape index (κ2) is 4.83. The Morgan fingerprint density at radius 2 is 2.00 bits per heavy atom. The van der Waals surface area contributed by atoms with Gasteiger partial charge in [0.15, 0.2) is 0 Å². The predicted octanol–water partition coefficient (Wildman–Crippen LogP) is 2.66. The molecule has 1 aliphatic rings. The van der Waals surface area contributed by atoms with Crippen molar-refractivity contribution in [1.29, 1.82) is 0 Å². The minimum atomic E-state index is 0.329. The molecule has 0 atom stereocenters. The highest BCUT2D eigenvalue weighted by molar-refractivity contribution is 6.30. The molecular formula is C13H20ClN3. The zero-order valence-corrected chi connectivity index (χ0v) is 11.5. The van der Waals surface area contributed by atoms with Crippen molar-refractivity contribution >= 4 is 17.4 Å². The average molecular weight is 254 g/mol. The lowest BCUT2D eigenvalue weighted by Crippen LogP contribution is -2.56. The van der Waals surface area contributed by atoms with E-state index in [1.807, 2.05) is 12.1 Å². The molecule has 94 valence electrons. The molecule has 3 nitrogen and oxygen atoms in total. The Labute approximate surface area is 108 Å². The Balaban J connectivity index is 2.05. The molecule has 0 unspecified atom stereocenters. The summed E-state index contributed by atoms with van der Waals surface area (Å²) in [6, 6.07) is 3.87. The summed E-state index contributed by atoms with van der Waals surface area (Å²) in [6.45, 7) is 1.02. The van der Waals surface area contributed by atoms with Crippen LogP contribution in [0.3, 0.4) is 0 Å². The number of halogens is 1. The van der Waals surface area contributed by atoms with E-state index in [1.54, 1.807) is 6.20 Å². The standard InChI is InChI=1S/C13H20ClN3/c1-16(2)13(7-4-8-13)10-17(3)12-6-5-11(14)9-15-12/h5-6,9H,4,7-8,10H2,1-3H3. The minimum absolute atomic E-state index is 0.329. The summed E-state index contributed by atoms with van der Waals surface area (Å²) in [4.78, 5) is 8.92. The molecule has 4 heteroatoms. The second-order valence-electron chi connectivity index (χ2n) is 5.16. The maximum absolute atomic E-state index is 5.85. The lowest BCUT2D eigenvalue weighted by Gasteiger charge is -2.49. The molecule has 1 aromatic rings. The SMILES string of the molecule is CN(CC1(N(C)C)CCC1)c1ccc(Cl)cn1. The molecule has 17 heavy (non-hydrogen) atoms. The van der Waals surface area contributed by atoms with Crippen LogP contribution in [-0.4, -0.2) is 43.1 Å². The van der Waals surface area contributed by atoms with Crippen molar-refractivity contribution in [3.05, 3.63) is 23.4 Å². The molecule has 1 aromatic heterocycles. The highest BCUT2D eigenvalue weighted by atomic mass is 35.5. The molecule has 0 N–H and O–H groups in total. The predicted molar refractivity (Wildman–Crippen MR) is 72.8 cm³/mol. The summed E-state index contributed by atoms with van der Waals surface area (Å²) in [6.07, 6.45) is 5.59. The van der Waals surface area contributed by atoms with Gasteiger partial charge in [0, 0.05) is 25.3 Å². The van der Waals surface area contributed by atoms with Crippen LogP contribution in [0.2, 0.25) is 5.02 Å². The number of hydrogen-bond donors (Lipinski definition) is 0. The van der Waals surface area contributed by atoms with Crippen molar-refractivity contribution in [1.82, 2.24) is 9.88 Å². The van der Waals surface area contributed by atoms with E-state index in [1.165, 1.54) is 19.3 Å². The van der Waals surface area contributed by atoms with Gasteiger partial charge < -0.3 is 9.80 Å². The van der Waals surface area contributed by atoms with Gasteiger partial charge in [0.2, 0.25) is 0 Å². The molecule has 0 saturated heterocycles. The van der Waals surface area contributed by atoms with Crippen LogP contribution < -0.4 is 4.90 Å². The fraction of sp³-hybridized carbons (Fsp3) is 0.615. The zero-order valence-electron chi connectivity index (χ0n) is 10.8. The summed E-state index contributed by atoms with van der Waals surface area (Å²) >= 11 is 5.85. The number of pyridine rings is 1. The second-order valence-corrected chi connectivity index (χ2v) is 5.60. The molecule has 1 heterocycles. The average Bonchev–Trinajstić information content (AvgIpc) is 2.23. The molecule has 0 amide bonds. The topological polar surface area (TPSA) is 19.4 Å². The van der Waals surface area contributed by atoms with Gasteiger partial charge in [-0.15, -0.1) is 0 Å². The summed E-state index contributed by atoms with van der Waals surface area (Å²) < 4.78 is 0. The van der Waals surface area contributed by atoms with Crippen LogP contribution in [0.5, 0.6) is 0 Å². The molecule has 0 radical (unpaired) electrons. The van der Waals surface area contributed by atoms with Crippen LogP contribution in [0.25, 0.3) is 0 Å². The Morgan fingerprint density at radius 1 is 1.29 bits per heavy atom. The van der Waals surface area contributed by atoms with E-state index < -0.39 is 0 Å². The lowest BCUT2D eigenvalue weighted by molar-refractivity contribution is 0.0682. The number of rotatable bonds is 4. The van der Waals surface area contributed by atoms with Crippen LogP contribution >= 0.6 is 11.6 Å². The third-order valence-corrected chi connectivity index (χ3v) is 4.09. The molecule has 0 aromatic carbocycles. The van der Waals surface area contributed by atoms with Crippen molar-refractivity contribution in [2.24, 2.45) is 0 Å². The number of hydrogen-bond acceptors (Lipinski definition) is 3. The Bertz CT molecular complexity index is 371. The van der Waals surface area contributed by atoms with Crippen LogP contribution in [-0.2, 0) is 0 Å². The first-order valence-electron chi connectivity index (χ1n) is 6.04. The highest BCUT2D eigenvalue weighted by Crippen LogP contribution is 2.37. The number of nitrogens with zero attached hydrogens (tertiary/aromatic N) is 3. The first-order chi connectivity index (χ1) is 8.03. The molecule has 1 aliphatic carbocycles. The van der Waals surface area contributed by atoms with Gasteiger partial charge in [0.25, 0.3) is 0 Å². The lowest BCUT2D eigenvalue weighted by atomic mass is 9.75. The summed E-state index contributed by atoms with van der Waals surface area (Å²) in [5, 5.41) is 0.688. The van der Waals surface area contributed by atoms with Crippen molar-refractivity contribution in [2.75, 3.05) is 32.6 Å². The smallest absolute Gasteiger partial charge is 0.128 e. The van der Waals surface area contributed by atoms with Crippen molar-refractivity contribution in [3.8, 4) is 0 Å². The van der Waals surface area contributed by atoms with Crippen molar-refractivity contribution in [3.63, 3.8) is 0 Å². The summed E-state index contributed by atoms with van der Waals surface area (Å²) in [7, 11) is 6.43. The Hall–Kier alpha value is -0.800. The minimum Gasteiger partial charge on any atom is -0.358 e. The molecule has 0 spiro atoms. The molecule has 2 rings (SSSR count). The maximum atomic E-state index is 5.85. The van der Waals surface area contributed by atoms with Gasteiger partial charge in [-0.05, 0) is 45.5 Å². The summed E-state index contributed by atoms with van der Waals surface area (Å²) in [5.74, 6) is 0.988. The largest absolute Gasteiger partial charge is 0.358 e. The maximum Gasteiger partial charge on any atom is 0.128 e. The van der Waals surface area contributed by atoms with E-state index in [2.05, 4.69) is 35.9 Å². The van der Waals surface area contributed by atoms with Crippen LogP contribution in [0.1, 0.15) is 19.3 Å². The van der Waals surface area contributed by atoms with Crippen LogP contribution in [0, 0.1) is 0 Å². The normalized spacial score (nSPS) is 17.9. The zero-order chi connectivity index (χ0) is 12.5. The number of aromatic nitrogens is 1. The van der Waals surface area contributed by atoms with Gasteiger partial charge in [-0.3, -0.25) is 0 Å². The molecule has 1 saturated carbocycles. The fourth-order valence-electron chi connectivity index (χ4n) is 2.45. The quantitative estimate of drug-likeness (QED) is 0.823. The van der Waals surface area contributed by atoms with Gasteiger partial charge in [-0.1, -0.05) is 11.6 Å². The van der Waals surface area contributed by atoms with Gasteiger partial charge in [-0.25, -0.2) is 4.98 Å². The van der Waals surface area contributed by atoms with E-state index in [4.69, 9.17) is 11.6 Å². The van der Waals surface area contributed by atoms with Gasteiger partial charge in [-0.2, -0.15) is 0 Å². The van der Waals surface area contributed by atoms with E-state index in [9.17, 15) is 0 Å². The van der Waals surface area contributed by atoms with Crippen molar-refractivity contribution < 1.29 is 0 Å². The van der Waals surface area contributed by atoms with Gasteiger partial charge in [0.05, 0.1) is 5.02 Å². The third kappa shape index (κ3) is 2.55. The third-order valence-electron chi connectivity index (χ3n) is 3.87. The van der Waals surface area contributed by atoms with Crippen molar-refractivity contribution in [2.45, 2.75) is 24.8 Å². The molecular weight excluding hydrogens is 234 g/mol. The molecule has 0 bridgehead atoms. The highest BCUT2D eigenvalue weighted by Gasteiger charge is 2.40. The van der Waals surface area contributed by atoms with Crippen LogP contribution in [0.15, 0.2) is 18.3 Å². The van der Waals surface area contributed by atoms with Gasteiger partial charge in [0.1, 0.15) is 5.82 Å².